The number of hydrogen-bond donors (Lipinski definition) is 0. The number of ether oxygens (including phenoxy) is 1. The van der Waals surface area contributed by atoms with Crippen molar-refractivity contribution in [2.24, 2.45) is 0 Å². The number of nitrogens with zero attached hydrogens (tertiary/aromatic N) is 1. The minimum Gasteiger partial charge on any atom is -0.444 e. The number of unbranched alkanes of at least 4 members (excludes halogenated alkanes) is 1. The number of pyridine rings is 1. The Bertz CT molecular complexity index is 661. The number of rotatable bonds is 6. The van der Waals surface area contributed by atoms with Crippen molar-refractivity contribution in [1.29, 1.82) is 0 Å². The van der Waals surface area contributed by atoms with E-state index >= 15 is 0 Å². The zero-order valence-corrected chi connectivity index (χ0v) is 15.7. The molecule has 134 valence electrons. The molecule has 1 heterocycles. The van der Waals surface area contributed by atoms with E-state index < -0.39 is 0 Å². The van der Waals surface area contributed by atoms with Crippen LogP contribution in [0.15, 0.2) is 48.8 Å². The Balaban J connectivity index is 2.01. The summed E-state index contributed by atoms with van der Waals surface area (Å²) in [5.41, 5.74) is 3.21. The lowest BCUT2D eigenvalue weighted by Gasteiger charge is -2.21. The molecule has 1 aromatic heterocycles. The minimum absolute atomic E-state index is 0.121. The summed E-state index contributed by atoms with van der Waals surface area (Å²) in [6.07, 6.45) is 5.28. The van der Waals surface area contributed by atoms with E-state index in [1.165, 1.54) is 5.56 Å². The first-order valence-corrected chi connectivity index (χ1v) is 8.91. The summed E-state index contributed by atoms with van der Waals surface area (Å²) >= 11 is 0. The SMILES string of the molecule is CCCCN(C(=O)OCc1ccc(C(C)(C)C)cc1)c1ccc[nH+]c1. The van der Waals surface area contributed by atoms with Crippen molar-refractivity contribution in [2.75, 3.05) is 11.4 Å². The van der Waals surface area contributed by atoms with Gasteiger partial charge in [0.2, 0.25) is 0 Å². The number of hydrogen-bond acceptors (Lipinski definition) is 2. The van der Waals surface area contributed by atoms with Gasteiger partial charge in [-0.1, -0.05) is 58.4 Å². The van der Waals surface area contributed by atoms with Gasteiger partial charge < -0.3 is 4.74 Å². The van der Waals surface area contributed by atoms with E-state index in [1.807, 2.05) is 36.7 Å². The number of H-pyrrole nitrogens is 1. The number of carbonyl (C=O) groups is 1. The van der Waals surface area contributed by atoms with Crippen LogP contribution in [0.2, 0.25) is 0 Å². The van der Waals surface area contributed by atoms with E-state index in [9.17, 15) is 4.79 Å². The number of anilines is 1. The van der Waals surface area contributed by atoms with Crippen molar-refractivity contribution in [1.82, 2.24) is 0 Å². The van der Waals surface area contributed by atoms with Gasteiger partial charge in [0.05, 0.1) is 0 Å². The van der Waals surface area contributed by atoms with Crippen molar-refractivity contribution in [2.45, 2.75) is 52.6 Å². The van der Waals surface area contributed by atoms with Crippen molar-refractivity contribution >= 4 is 11.8 Å². The molecule has 0 aliphatic carbocycles. The Morgan fingerprint density at radius 3 is 2.44 bits per heavy atom. The standard InChI is InChI=1S/C21H28N2O2/c1-5-6-14-23(19-8-7-13-22-15-19)20(24)25-16-17-9-11-18(12-10-17)21(2,3)4/h7-13,15H,5-6,14,16H2,1-4H3/p+1. The van der Waals surface area contributed by atoms with Crippen LogP contribution in [0, 0.1) is 0 Å². The van der Waals surface area contributed by atoms with Gasteiger partial charge in [0, 0.05) is 12.6 Å². The van der Waals surface area contributed by atoms with E-state index in [-0.39, 0.29) is 18.1 Å². The van der Waals surface area contributed by atoms with Crippen LogP contribution < -0.4 is 9.88 Å². The zero-order valence-electron chi connectivity index (χ0n) is 15.7. The summed E-state index contributed by atoms with van der Waals surface area (Å²) in [4.78, 5) is 17.2. The maximum Gasteiger partial charge on any atom is 0.414 e. The Kier molecular flexibility index (Phi) is 6.57. The Labute approximate surface area is 150 Å². The second kappa shape index (κ2) is 8.65. The van der Waals surface area contributed by atoms with Crippen LogP contribution in [-0.2, 0) is 16.8 Å². The largest absolute Gasteiger partial charge is 0.444 e. The quantitative estimate of drug-likeness (QED) is 0.761. The van der Waals surface area contributed by atoms with Gasteiger partial charge in [-0.05, 0) is 29.0 Å². The van der Waals surface area contributed by atoms with E-state index in [4.69, 9.17) is 4.74 Å². The molecule has 0 radical (unpaired) electrons. The summed E-state index contributed by atoms with van der Waals surface area (Å²) < 4.78 is 5.54. The van der Waals surface area contributed by atoms with Gasteiger partial charge in [-0.25, -0.2) is 9.78 Å². The smallest absolute Gasteiger partial charge is 0.414 e. The molecule has 0 aliphatic rings. The second-order valence-corrected chi connectivity index (χ2v) is 7.27. The first kappa shape index (κ1) is 19.0. The molecule has 4 nitrogen and oxygen atoms in total. The summed E-state index contributed by atoms with van der Waals surface area (Å²) in [6.45, 7) is 9.59. The van der Waals surface area contributed by atoms with Gasteiger partial charge in [0.25, 0.3) is 0 Å². The lowest BCUT2D eigenvalue weighted by molar-refractivity contribution is -0.377. The molecule has 0 unspecified atom stereocenters. The Hall–Kier alpha value is -2.36. The van der Waals surface area contributed by atoms with E-state index in [1.54, 1.807) is 4.90 Å². The molecule has 0 fully saturated rings. The van der Waals surface area contributed by atoms with E-state index in [2.05, 4.69) is 44.8 Å². The number of nitrogens with one attached hydrogen (secondary N) is 1. The zero-order chi connectivity index (χ0) is 18.3. The van der Waals surface area contributed by atoms with Gasteiger partial charge in [-0.2, -0.15) is 0 Å². The molecule has 1 N–H and O–H groups in total. The van der Waals surface area contributed by atoms with Crippen LogP contribution >= 0.6 is 0 Å². The molecule has 1 aromatic carbocycles. The van der Waals surface area contributed by atoms with Gasteiger partial charge in [0.15, 0.2) is 12.4 Å². The average molecular weight is 341 g/mol. The lowest BCUT2D eigenvalue weighted by atomic mass is 9.87. The molecule has 0 bridgehead atoms. The number of aromatic nitrogens is 1. The molecule has 0 aliphatic heterocycles. The van der Waals surface area contributed by atoms with Gasteiger partial charge in [-0.3, -0.25) is 4.90 Å². The van der Waals surface area contributed by atoms with E-state index in [0.29, 0.717) is 6.54 Å². The molecular formula is C21H29N2O2+. The van der Waals surface area contributed by atoms with Crippen LogP contribution in [0.5, 0.6) is 0 Å². The highest BCUT2D eigenvalue weighted by molar-refractivity contribution is 5.87. The summed E-state index contributed by atoms with van der Waals surface area (Å²) in [7, 11) is 0. The first-order chi connectivity index (χ1) is 11.9. The monoisotopic (exact) mass is 341 g/mol. The molecule has 4 heteroatoms. The van der Waals surface area contributed by atoms with Crippen LogP contribution in [0.25, 0.3) is 0 Å². The first-order valence-electron chi connectivity index (χ1n) is 8.91. The molecule has 25 heavy (non-hydrogen) atoms. The van der Waals surface area contributed by atoms with Crippen LogP contribution in [0.3, 0.4) is 0 Å². The van der Waals surface area contributed by atoms with Gasteiger partial charge >= 0.3 is 6.09 Å². The molecular weight excluding hydrogens is 312 g/mol. The second-order valence-electron chi connectivity index (χ2n) is 7.27. The minimum atomic E-state index is -0.312. The third-order valence-corrected chi connectivity index (χ3v) is 4.14. The lowest BCUT2D eigenvalue weighted by Crippen LogP contribution is -2.33. The average Bonchev–Trinajstić information content (AvgIpc) is 2.61. The highest BCUT2D eigenvalue weighted by Crippen LogP contribution is 2.22. The highest BCUT2D eigenvalue weighted by atomic mass is 16.6. The highest BCUT2D eigenvalue weighted by Gasteiger charge is 2.18. The van der Waals surface area contributed by atoms with Crippen molar-refractivity contribution in [3.63, 3.8) is 0 Å². The predicted octanol–water partition coefficient (Wildman–Crippen LogP) is 4.74. The maximum absolute atomic E-state index is 12.5. The fourth-order valence-electron chi connectivity index (χ4n) is 2.52. The van der Waals surface area contributed by atoms with E-state index in [0.717, 1.165) is 24.1 Å². The van der Waals surface area contributed by atoms with Gasteiger partial charge in [0.1, 0.15) is 12.3 Å². The number of amides is 1. The Morgan fingerprint density at radius 1 is 1.16 bits per heavy atom. The van der Waals surface area contributed by atoms with Gasteiger partial charge in [-0.15, -0.1) is 0 Å². The number of carbonyl (C=O) groups excluding carboxylic acids is 1. The molecule has 2 aromatic rings. The molecule has 0 saturated heterocycles. The van der Waals surface area contributed by atoms with Crippen molar-refractivity contribution in [3.8, 4) is 0 Å². The predicted molar refractivity (Wildman–Crippen MR) is 101 cm³/mol. The summed E-state index contributed by atoms with van der Waals surface area (Å²) in [5.74, 6) is 0. The van der Waals surface area contributed by atoms with Crippen LogP contribution in [-0.4, -0.2) is 12.6 Å². The van der Waals surface area contributed by atoms with Crippen LogP contribution in [0.4, 0.5) is 10.5 Å². The fourth-order valence-corrected chi connectivity index (χ4v) is 2.52. The summed E-state index contributed by atoms with van der Waals surface area (Å²) in [5, 5.41) is 0. The third-order valence-electron chi connectivity index (χ3n) is 4.14. The number of benzene rings is 1. The summed E-state index contributed by atoms with van der Waals surface area (Å²) in [6, 6.07) is 12.0. The fraction of sp³-hybridized carbons (Fsp3) is 0.429. The Morgan fingerprint density at radius 2 is 1.88 bits per heavy atom. The van der Waals surface area contributed by atoms with Crippen LogP contribution in [0.1, 0.15) is 51.7 Å². The third kappa shape index (κ3) is 5.59. The molecule has 1 amide bonds. The normalized spacial score (nSPS) is 11.2. The molecule has 0 atom stereocenters. The van der Waals surface area contributed by atoms with Crippen molar-refractivity contribution in [3.05, 3.63) is 59.9 Å². The molecule has 2 rings (SSSR count). The van der Waals surface area contributed by atoms with Crippen molar-refractivity contribution < 1.29 is 14.5 Å². The topological polar surface area (TPSA) is 43.7 Å². The molecule has 0 saturated carbocycles. The molecule has 0 spiro atoms. The number of aromatic amines is 1. The maximum atomic E-state index is 12.5.